The average molecular weight is 385 g/mol. The maximum absolute atomic E-state index is 9.57. The first kappa shape index (κ1) is 18.8. The zero-order valence-electron chi connectivity index (χ0n) is 16.5. The zero-order chi connectivity index (χ0) is 20.2. The van der Waals surface area contributed by atoms with Crippen LogP contribution >= 0.6 is 0 Å². The minimum Gasteiger partial charge on any atom is -0.508 e. The molecule has 1 heterocycles. The summed E-state index contributed by atoms with van der Waals surface area (Å²) in [5.74, 6) is 1.02. The molecule has 6 nitrogen and oxygen atoms in total. The van der Waals surface area contributed by atoms with Gasteiger partial charge in [-0.25, -0.2) is 0 Å². The van der Waals surface area contributed by atoms with Crippen molar-refractivity contribution in [3.63, 3.8) is 0 Å². The summed E-state index contributed by atoms with van der Waals surface area (Å²) in [7, 11) is 2.06. The second-order valence-electron chi connectivity index (χ2n) is 7.13. The minimum atomic E-state index is -0.139. The van der Waals surface area contributed by atoms with Gasteiger partial charge in [-0.15, -0.1) is 5.10 Å². The van der Waals surface area contributed by atoms with Gasteiger partial charge in [-0.3, -0.25) is 4.90 Å². The predicted octanol–water partition coefficient (Wildman–Crippen LogP) is 3.90. The number of rotatable bonds is 6. The fourth-order valence-electron chi connectivity index (χ4n) is 3.55. The Hall–Kier alpha value is -3.51. The first-order valence-corrected chi connectivity index (χ1v) is 9.51. The van der Waals surface area contributed by atoms with Gasteiger partial charge >= 0.3 is 0 Å². The lowest BCUT2D eigenvalue weighted by atomic mass is 10.0. The van der Waals surface area contributed by atoms with E-state index in [9.17, 15) is 5.11 Å². The van der Waals surface area contributed by atoms with E-state index in [2.05, 4.69) is 52.6 Å². The maximum Gasteiger partial charge on any atom is 0.178 e. The normalized spacial score (nSPS) is 12.2. The minimum absolute atomic E-state index is 0.139. The van der Waals surface area contributed by atoms with Gasteiger partial charge in [0.25, 0.3) is 0 Å². The van der Waals surface area contributed by atoms with Crippen LogP contribution in [0.2, 0.25) is 0 Å². The summed E-state index contributed by atoms with van der Waals surface area (Å²) >= 11 is 0. The van der Waals surface area contributed by atoms with Gasteiger partial charge in [0.15, 0.2) is 5.82 Å². The predicted molar refractivity (Wildman–Crippen MR) is 112 cm³/mol. The topological polar surface area (TPSA) is 67.1 Å². The Morgan fingerprint density at radius 3 is 2.34 bits per heavy atom. The smallest absolute Gasteiger partial charge is 0.178 e. The molecule has 1 atom stereocenters. The van der Waals surface area contributed by atoms with Crippen molar-refractivity contribution >= 4 is 0 Å². The van der Waals surface area contributed by atoms with Crippen molar-refractivity contribution in [2.24, 2.45) is 0 Å². The van der Waals surface area contributed by atoms with Crippen LogP contribution in [-0.4, -0.2) is 37.3 Å². The molecule has 6 heteroatoms. The Bertz CT molecular complexity index is 1080. The molecule has 0 radical (unpaired) electrons. The summed E-state index contributed by atoms with van der Waals surface area (Å²) in [5.41, 5.74) is 4.28. The lowest BCUT2D eigenvalue weighted by molar-refractivity contribution is 0.258. The second-order valence-corrected chi connectivity index (χ2v) is 7.13. The highest BCUT2D eigenvalue weighted by molar-refractivity contribution is 5.40. The molecular formula is C23H23N5O. The molecule has 29 heavy (non-hydrogen) atoms. The third-order valence-electron chi connectivity index (χ3n) is 5.01. The van der Waals surface area contributed by atoms with Crippen molar-refractivity contribution in [3.05, 3.63) is 101 Å². The van der Waals surface area contributed by atoms with E-state index in [1.807, 2.05) is 53.2 Å². The Morgan fingerprint density at radius 2 is 1.62 bits per heavy atom. The van der Waals surface area contributed by atoms with Crippen molar-refractivity contribution in [3.8, 4) is 11.4 Å². The lowest BCUT2D eigenvalue weighted by Gasteiger charge is -2.28. The highest BCUT2D eigenvalue weighted by Crippen LogP contribution is 2.29. The number of hydrogen-bond acceptors (Lipinski definition) is 5. The SMILES string of the molecule is Cc1ccccc1-n1nnnc1[C@H](c1ccccc1)N(C)Cc1ccc(O)cc1. The largest absolute Gasteiger partial charge is 0.508 e. The van der Waals surface area contributed by atoms with Crippen molar-refractivity contribution in [1.82, 2.24) is 25.1 Å². The van der Waals surface area contributed by atoms with Crippen molar-refractivity contribution < 1.29 is 5.11 Å². The Balaban J connectivity index is 1.76. The fraction of sp³-hybridized carbons (Fsp3) is 0.174. The molecule has 3 aromatic carbocycles. The Labute approximate surface area is 170 Å². The first-order chi connectivity index (χ1) is 14.1. The van der Waals surface area contributed by atoms with Crippen LogP contribution in [0, 0.1) is 6.92 Å². The molecule has 4 rings (SSSR count). The first-order valence-electron chi connectivity index (χ1n) is 9.51. The molecule has 0 saturated carbocycles. The van der Waals surface area contributed by atoms with E-state index in [1.54, 1.807) is 12.1 Å². The van der Waals surface area contributed by atoms with Crippen molar-refractivity contribution in [2.45, 2.75) is 19.5 Å². The van der Waals surface area contributed by atoms with E-state index in [0.29, 0.717) is 6.54 Å². The van der Waals surface area contributed by atoms with Gasteiger partial charge in [-0.05, 0) is 59.3 Å². The number of phenols is 1. The van der Waals surface area contributed by atoms with Crippen LogP contribution in [0.4, 0.5) is 0 Å². The van der Waals surface area contributed by atoms with Gasteiger partial charge in [0.2, 0.25) is 0 Å². The highest BCUT2D eigenvalue weighted by atomic mass is 16.3. The number of tetrazole rings is 1. The van der Waals surface area contributed by atoms with E-state index < -0.39 is 0 Å². The van der Waals surface area contributed by atoms with Gasteiger partial charge in [-0.1, -0.05) is 60.7 Å². The molecule has 146 valence electrons. The molecule has 1 aromatic heterocycles. The Kier molecular flexibility index (Phi) is 5.35. The van der Waals surface area contributed by atoms with Crippen LogP contribution in [0.15, 0.2) is 78.9 Å². The number of nitrogens with zero attached hydrogens (tertiary/aromatic N) is 5. The second kappa shape index (κ2) is 8.24. The molecule has 0 fully saturated rings. The van der Waals surface area contributed by atoms with Crippen LogP contribution in [0.25, 0.3) is 5.69 Å². The molecule has 0 saturated heterocycles. The highest BCUT2D eigenvalue weighted by Gasteiger charge is 2.26. The lowest BCUT2D eigenvalue weighted by Crippen LogP contribution is -2.28. The van der Waals surface area contributed by atoms with Gasteiger partial charge in [0, 0.05) is 6.54 Å². The zero-order valence-corrected chi connectivity index (χ0v) is 16.5. The third kappa shape index (κ3) is 4.02. The van der Waals surface area contributed by atoms with E-state index in [1.165, 1.54) is 0 Å². The van der Waals surface area contributed by atoms with Gasteiger partial charge in [-0.2, -0.15) is 4.68 Å². The van der Waals surface area contributed by atoms with Crippen molar-refractivity contribution in [1.29, 1.82) is 0 Å². The average Bonchev–Trinajstić information content (AvgIpc) is 3.20. The number of aryl methyl sites for hydroxylation is 1. The molecule has 0 unspecified atom stereocenters. The van der Waals surface area contributed by atoms with Crippen LogP contribution in [-0.2, 0) is 6.54 Å². The maximum atomic E-state index is 9.57. The quantitative estimate of drug-likeness (QED) is 0.545. The van der Waals surface area contributed by atoms with E-state index in [0.717, 1.165) is 28.2 Å². The standard InChI is InChI=1S/C23H23N5O/c1-17-8-6-7-11-21(17)28-23(24-25-26-28)22(19-9-4-3-5-10-19)27(2)16-18-12-14-20(29)15-13-18/h3-15,22,29H,16H2,1-2H3/t22-/m0/s1. The molecule has 0 spiro atoms. The molecule has 0 bridgehead atoms. The fourth-order valence-corrected chi connectivity index (χ4v) is 3.55. The summed E-state index contributed by atoms with van der Waals surface area (Å²) in [6.07, 6.45) is 0. The number of hydrogen-bond donors (Lipinski definition) is 1. The number of para-hydroxylation sites is 1. The number of aromatic hydroxyl groups is 1. The molecular weight excluding hydrogens is 362 g/mol. The molecule has 0 aliphatic heterocycles. The summed E-state index contributed by atoms with van der Waals surface area (Å²) in [6.45, 7) is 2.74. The summed E-state index contributed by atoms with van der Waals surface area (Å²) in [4.78, 5) is 2.21. The molecule has 0 amide bonds. The molecule has 4 aromatic rings. The van der Waals surface area contributed by atoms with Crippen LogP contribution in [0.1, 0.15) is 28.6 Å². The summed E-state index contributed by atoms with van der Waals surface area (Å²) in [5, 5.41) is 22.3. The van der Waals surface area contributed by atoms with Gasteiger partial charge in [0.1, 0.15) is 5.75 Å². The van der Waals surface area contributed by atoms with Crippen LogP contribution in [0.3, 0.4) is 0 Å². The number of aromatic nitrogens is 4. The third-order valence-corrected chi connectivity index (χ3v) is 5.01. The summed E-state index contributed by atoms with van der Waals surface area (Å²) in [6, 6.07) is 25.5. The number of benzene rings is 3. The van der Waals surface area contributed by atoms with E-state index in [-0.39, 0.29) is 11.8 Å². The van der Waals surface area contributed by atoms with E-state index >= 15 is 0 Å². The molecule has 0 aliphatic carbocycles. The van der Waals surface area contributed by atoms with Gasteiger partial charge in [0.05, 0.1) is 11.7 Å². The summed E-state index contributed by atoms with van der Waals surface area (Å²) < 4.78 is 1.82. The number of phenolic OH excluding ortho intramolecular Hbond substituents is 1. The van der Waals surface area contributed by atoms with Crippen LogP contribution in [0.5, 0.6) is 5.75 Å². The van der Waals surface area contributed by atoms with Crippen molar-refractivity contribution in [2.75, 3.05) is 7.05 Å². The van der Waals surface area contributed by atoms with Gasteiger partial charge < -0.3 is 5.11 Å². The molecule has 0 aliphatic rings. The molecule has 1 N–H and O–H groups in total. The van der Waals surface area contributed by atoms with Crippen LogP contribution < -0.4 is 0 Å². The van der Waals surface area contributed by atoms with E-state index in [4.69, 9.17) is 0 Å². The monoisotopic (exact) mass is 385 g/mol. The Morgan fingerprint density at radius 1 is 0.931 bits per heavy atom.